The summed E-state index contributed by atoms with van der Waals surface area (Å²) in [5, 5.41) is 0. The molecule has 1 heterocycles. The maximum Gasteiger partial charge on any atom is 0.170 e. The first-order chi connectivity index (χ1) is 5.38. The number of rotatable bonds is 0. The monoisotopic (exact) mass is 147 g/mol. The summed E-state index contributed by atoms with van der Waals surface area (Å²) < 4.78 is 5.15. The average molecular weight is 147 g/mol. The molecule has 1 radical (unpaired) electrons. The summed E-state index contributed by atoms with van der Waals surface area (Å²) in [6.07, 6.45) is 0.386. The van der Waals surface area contributed by atoms with Crippen LogP contribution in [-0.4, -0.2) is 5.78 Å². The van der Waals surface area contributed by atoms with Gasteiger partial charge in [0.05, 0.1) is 12.0 Å². The lowest BCUT2D eigenvalue weighted by Gasteiger charge is -2.14. The van der Waals surface area contributed by atoms with Crippen molar-refractivity contribution in [3.63, 3.8) is 0 Å². The van der Waals surface area contributed by atoms with Crippen LogP contribution in [0.1, 0.15) is 16.8 Å². The SMILES string of the molecule is O=C1C[CH]Oc2ccccc21. The highest BCUT2D eigenvalue weighted by atomic mass is 16.5. The third-order valence-corrected chi connectivity index (χ3v) is 1.67. The number of benzene rings is 1. The zero-order valence-corrected chi connectivity index (χ0v) is 5.91. The van der Waals surface area contributed by atoms with Crippen LogP contribution in [0.4, 0.5) is 0 Å². The van der Waals surface area contributed by atoms with E-state index in [-0.39, 0.29) is 5.78 Å². The molecule has 55 valence electrons. The van der Waals surface area contributed by atoms with Crippen molar-refractivity contribution in [2.24, 2.45) is 0 Å². The summed E-state index contributed by atoms with van der Waals surface area (Å²) in [6, 6.07) is 7.27. The molecule has 1 aliphatic rings. The summed E-state index contributed by atoms with van der Waals surface area (Å²) in [5.41, 5.74) is 0.690. The Kier molecular flexibility index (Phi) is 1.39. The van der Waals surface area contributed by atoms with Gasteiger partial charge in [-0.25, -0.2) is 0 Å². The molecule has 0 bridgehead atoms. The van der Waals surface area contributed by atoms with Crippen LogP contribution in [0.5, 0.6) is 5.75 Å². The van der Waals surface area contributed by atoms with Crippen molar-refractivity contribution in [2.75, 3.05) is 0 Å². The van der Waals surface area contributed by atoms with Gasteiger partial charge in [0.1, 0.15) is 12.4 Å². The van der Waals surface area contributed by atoms with Gasteiger partial charge in [0, 0.05) is 0 Å². The molecule has 0 unspecified atom stereocenters. The molecule has 0 aromatic heterocycles. The summed E-state index contributed by atoms with van der Waals surface area (Å²) >= 11 is 0. The summed E-state index contributed by atoms with van der Waals surface area (Å²) in [5.74, 6) is 0.801. The molecule has 0 amide bonds. The Morgan fingerprint density at radius 3 is 2.91 bits per heavy atom. The highest BCUT2D eigenvalue weighted by Crippen LogP contribution is 2.24. The van der Waals surface area contributed by atoms with E-state index >= 15 is 0 Å². The van der Waals surface area contributed by atoms with Crippen LogP contribution in [0.25, 0.3) is 0 Å². The number of ketones is 1. The number of fused-ring (bicyclic) bond motifs is 1. The van der Waals surface area contributed by atoms with Gasteiger partial charge in [0.2, 0.25) is 0 Å². The fourth-order valence-corrected chi connectivity index (χ4v) is 1.12. The molecule has 0 saturated heterocycles. The van der Waals surface area contributed by atoms with Crippen LogP contribution < -0.4 is 4.74 Å². The number of carbonyl (C=O) groups excluding carboxylic acids is 1. The van der Waals surface area contributed by atoms with Gasteiger partial charge in [-0.1, -0.05) is 12.1 Å². The Hall–Kier alpha value is -1.31. The van der Waals surface area contributed by atoms with Gasteiger partial charge in [-0.3, -0.25) is 4.79 Å². The lowest BCUT2D eigenvalue weighted by atomic mass is 10.1. The molecule has 0 aliphatic carbocycles. The Bertz CT molecular complexity index is 291. The number of carbonyl (C=O) groups is 1. The first kappa shape index (κ1) is 6.40. The molecule has 11 heavy (non-hydrogen) atoms. The molecule has 0 N–H and O–H groups in total. The van der Waals surface area contributed by atoms with E-state index in [1.165, 1.54) is 6.61 Å². The van der Waals surface area contributed by atoms with E-state index in [0.29, 0.717) is 17.7 Å². The van der Waals surface area contributed by atoms with Crippen LogP contribution in [0.3, 0.4) is 0 Å². The van der Waals surface area contributed by atoms with Crippen molar-refractivity contribution in [1.82, 2.24) is 0 Å². The summed E-state index contributed by atoms with van der Waals surface area (Å²) in [4.78, 5) is 11.2. The first-order valence-electron chi connectivity index (χ1n) is 3.48. The van der Waals surface area contributed by atoms with Crippen LogP contribution in [0.2, 0.25) is 0 Å². The summed E-state index contributed by atoms with van der Waals surface area (Å²) in [6.45, 7) is 1.53. The van der Waals surface area contributed by atoms with Gasteiger partial charge in [0.25, 0.3) is 0 Å². The number of hydrogen-bond donors (Lipinski definition) is 0. The van der Waals surface area contributed by atoms with E-state index in [1.807, 2.05) is 12.1 Å². The number of Topliss-reactive ketones (excluding diaryl/α,β-unsaturated/α-hetero) is 1. The molecule has 2 heteroatoms. The zero-order valence-electron chi connectivity index (χ0n) is 5.91. The first-order valence-corrected chi connectivity index (χ1v) is 3.48. The predicted molar refractivity (Wildman–Crippen MR) is 40.3 cm³/mol. The van der Waals surface area contributed by atoms with E-state index in [4.69, 9.17) is 4.74 Å². The molecule has 1 aromatic rings. The minimum Gasteiger partial charge on any atom is -0.485 e. The van der Waals surface area contributed by atoms with Gasteiger partial charge in [-0.15, -0.1) is 0 Å². The fraction of sp³-hybridized carbons (Fsp3) is 0.111. The van der Waals surface area contributed by atoms with Gasteiger partial charge < -0.3 is 4.74 Å². The predicted octanol–water partition coefficient (Wildman–Crippen LogP) is 1.81. The average Bonchev–Trinajstić information content (AvgIpc) is 2.06. The van der Waals surface area contributed by atoms with Gasteiger partial charge in [-0.05, 0) is 12.1 Å². The fourth-order valence-electron chi connectivity index (χ4n) is 1.12. The molecule has 1 aliphatic heterocycles. The van der Waals surface area contributed by atoms with Gasteiger partial charge >= 0.3 is 0 Å². The Labute approximate surface area is 64.8 Å². The summed E-state index contributed by atoms with van der Waals surface area (Å²) in [7, 11) is 0. The maximum atomic E-state index is 11.2. The zero-order chi connectivity index (χ0) is 7.68. The normalized spacial score (nSPS) is 15.5. The highest BCUT2D eigenvalue weighted by Gasteiger charge is 2.16. The van der Waals surface area contributed by atoms with Crippen molar-refractivity contribution >= 4 is 5.78 Å². The van der Waals surface area contributed by atoms with Crippen LogP contribution >= 0.6 is 0 Å². The second kappa shape index (κ2) is 2.38. The topological polar surface area (TPSA) is 26.3 Å². The van der Waals surface area contributed by atoms with Crippen molar-refractivity contribution in [3.8, 4) is 5.75 Å². The van der Waals surface area contributed by atoms with Gasteiger partial charge in [0.15, 0.2) is 5.78 Å². The molecule has 0 spiro atoms. The van der Waals surface area contributed by atoms with E-state index in [2.05, 4.69) is 0 Å². The van der Waals surface area contributed by atoms with E-state index in [1.54, 1.807) is 12.1 Å². The van der Waals surface area contributed by atoms with Crippen LogP contribution in [0, 0.1) is 6.61 Å². The second-order valence-corrected chi connectivity index (χ2v) is 2.41. The Morgan fingerprint density at radius 2 is 2.09 bits per heavy atom. The molecule has 0 fully saturated rings. The second-order valence-electron chi connectivity index (χ2n) is 2.41. The quantitative estimate of drug-likeness (QED) is 0.559. The molecule has 2 rings (SSSR count). The maximum absolute atomic E-state index is 11.2. The van der Waals surface area contributed by atoms with Crippen LogP contribution in [0.15, 0.2) is 24.3 Å². The van der Waals surface area contributed by atoms with E-state index < -0.39 is 0 Å². The largest absolute Gasteiger partial charge is 0.485 e. The smallest absolute Gasteiger partial charge is 0.170 e. The van der Waals surface area contributed by atoms with Crippen LogP contribution in [-0.2, 0) is 0 Å². The molecule has 1 aromatic carbocycles. The minimum atomic E-state index is 0.131. The van der Waals surface area contributed by atoms with Crippen molar-refractivity contribution in [2.45, 2.75) is 6.42 Å². The molecule has 2 nitrogen and oxygen atoms in total. The third-order valence-electron chi connectivity index (χ3n) is 1.67. The Morgan fingerprint density at radius 1 is 1.27 bits per heavy atom. The number of ether oxygens (including phenoxy) is 1. The Balaban J connectivity index is 2.52. The minimum absolute atomic E-state index is 0.131. The molecule has 0 atom stereocenters. The van der Waals surface area contributed by atoms with E-state index in [0.717, 1.165) is 0 Å². The van der Waals surface area contributed by atoms with Crippen molar-refractivity contribution in [1.29, 1.82) is 0 Å². The lowest BCUT2D eigenvalue weighted by Crippen LogP contribution is -2.10. The highest BCUT2D eigenvalue weighted by molar-refractivity contribution is 6.00. The molecule has 0 saturated carbocycles. The van der Waals surface area contributed by atoms with E-state index in [9.17, 15) is 4.79 Å². The van der Waals surface area contributed by atoms with Crippen molar-refractivity contribution in [3.05, 3.63) is 36.4 Å². The number of para-hydroxylation sites is 1. The number of hydrogen-bond acceptors (Lipinski definition) is 2. The van der Waals surface area contributed by atoms with Gasteiger partial charge in [-0.2, -0.15) is 0 Å². The third kappa shape index (κ3) is 1.00. The molecular formula is C9H7O2. The van der Waals surface area contributed by atoms with Crippen molar-refractivity contribution < 1.29 is 9.53 Å². The standard InChI is InChI=1S/C9H7O2/c10-8-5-6-11-9-4-2-1-3-7(8)9/h1-4,6H,5H2. The lowest BCUT2D eigenvalue weighted by molar-refractivity contribution is 0.0960. The molecular weight excluding hydrogens is 140 g/mol.